The maximum Gasteiger partial charge on any atom is 0.303 e. The van der Waals surface area contributed by atoms with Crippen molar-refractivity contribution in [3.63, 3.8) is 0 Å². The molecule has 3 aromatic carbocycles. The number of carboxylic acids is 1. The maximum absolute atomic E-state index is 15.1. The topological polar surface area (TPSA) is 102 Å². The molecule has 0 bridgehead atoms. The first-order valence-corrected chi connectivity index (χ1v) is 13.0. The fourth-order valence-electron chi connectivity index (χ4n) is 5.27. The normalized spacial score (nSPS) is 16.4. The second-order valence-corrected chi connectivity index (χ2v) is 10.2. The fraction of sp³-hybridized carbons (Fsp3) is 0.233. The van der Waals surface area contributed by atoms with Crippen LogP contribution in [0.3, 0.4) is 0 Å². The van der Waals surface area contributed by atoms with Crippen molar-refractivity contribution in [1.82, 2.24) is 19.7 Å². The molecule has 0 saturated heterocycles. The van der Waals surface area contributed by atoms with Gasteiger partial charge in [-0.25, -0.2) is 22.8 Å². The summed E-state index contributed by atoms with van der Waals surface area (Å²) in [5.74, 6) is -2.64. The van der Waals surface area contributed by atoms with E-state index >= 15 is 4.39 Å². The lowest BCUT2D eigenvalue weighted by molar-refractivity contribution is -0.136. The van der Waals surface area contributed by atoms with E-state index in [0.717, 1.165) is 23.3 Å². The molecular weight excluding hydrogens is 537 g/mol. The molecule has 0 saturated carbocycles. The summed E-state index contributed by atoms with van der Waals surface area (Å²) in [4.78, 5) is 18.6. The molecule has 11 heteroatoms. The van der Waals surface area contributed by atoms with Crippen LogP contribution in [0.1, 0.15) is 36.7 Å². The van der Waals surface area contributed by atoms with Gasteiger partial charge in [0.1, 0.15) is 17.3 Å². The number of carboxylic acid groups (broad SMARTS) is 1. The summed E-state index contributed by atoms with van der Waals surface area (Å²) in [6.07, 6.45) is 2.31. The number of nitrogens with one attached hydrogen (secondary N) is 1. The molecule has 2 N–H and O–H groups in total. The number of aryl methyl sites for hydroxylation is 2. The number of carbonyl (C=O) groups is 1. The number of halogens is 3. The van der Waals surface area contributed by atoms with Crippen LogP contribution in [0.5, 0.6) is 17.2 Å². The molecule has 2 aromatic heterocycles. The van der Waals surface area contributed by atoms with Gasteiger partial charge >= 0.3 is 5.97 Å². The zero-order chi connectivity index (χ0) is 28.9. The quantitative estimate of drug-likeness (QED) is 0.242. The molecule has 41 heavy (non-hydrogen) atoms. The van der Waals surface area contributed by atoms with Crippen molar-refractivity contribution in [2.45, 2.75) is 31.6 Å². The number of benzene rings is 3. The van der Waals surface area contributed by atoms with Gasteiger partial charge in [0.2, 0.25) is 0 Å². The number of fused-ring (bicyclic) bond motifs is 2. The van der Waals surface area contributed by atoms with Crippen LogP contribution < -0.4 is 9.47 Å². The van der Waals surface area contributed by atoms with Crippen molar-refractivity contribution in [3.05, 3.63) is 89.1 Å². The lowest BCUT2D eigenvalue weighted by atomic mass is 9.76. The number of aliphatic carboxylic acids is 1. The van der Waals surface area contributed by atoms with Gasteiger partial charge in [0.15, 0.2) is 29.0 Å². The van der Waals surface area contributed by atoms with E-state index in [-0.39, 0.29) is 34.5 Å². The summed E-state index contributed by atoms with van der Waals surface area (Å²) in [5, 5.41) is 13.9. The second-order valence-electron chi connectivity index (χ2n) is 10.2. The van der Waals surface area contributed by atoms with E-state index in [9.17, 15) is 13.6 Å². The lowest BCUT2D eigenvalue weighted by Crippen LogP contribution is -2.33. The average molecular weight is 563 g/mol. The Morgan fingerprint density at radius 2 is 2.00 bits per heavy atom. The minimum absolute atomic E-state index is 0.0179. The van der Waals surface area contributed by atoms with E-state index in [0.29, 0.717) is 31.0 Å². The number of hydrogen-bond donors (Lipinski definition) is 2. The van der Waals surface area contributed by atoms with Crippen LogP contribution >= 0.6 is 0 Å². The number of ether oxygens (including phenoxy) is 2. The minimum Gasteiger partial charge on any atom is -0.493 e. The molecule has 6 rings (SSSR count). The molecule has 0 amide bonds. The Morgan fingerprint density at radius 1 is 1.17 bits per heavy atom. The number of H-pyrrole nitrogens is 1. The molecule has 3 heterocycles. The third-order valence-electron chi connectivity index (χ3n) is 7.51. The fourth-order valence-corrected chi connectivity index (χ4v) is 5.27. The highest BCUT2D eigenvalue weighted by Gasteiger charge is 2.40. The summed E-state index contributed by atoms with van der Waals surface area (Å²) in [7, 11) is 1.63. The number of para-hydroxylation sites is 1. The molecule has 0 spiro atoms. The molecule has 0 aliphatic carbocycles. The molecule has 0 fully saturated rings. The summed E-state index contributed by atoms with van der Waals surface area (Å²) in [6, 6.07) is 11.9. The first-order valence-electron chi connectivity index (χ1n) is 13.0. The van der Waals surface area contributed by atoms with Crippen LogP contribution in [0, 0.1) is 17.5 Å². The smallest absolute Gasteiger partial charge is 0.303 e. The highest BCUT2D eigenvalue weighted by molar-refractivity contribution is 5.82. The zero-order valence-electron chi connectivity index (χ0n) is 22.2. The molecule has 0 radical (unpaired) electrons. The van der Waals surface area contributed by atoms with Gasteiger partial charge in [-0.1, -0.05) is 18.2 Å². The van der Waals surface area contributed by atoms with Crippen molar-refractivity contribution >= 4 is 16.9 Å². The minimum atomic E-state index is -0.905. The van der Waals surface area contributed by atoms with E-state index in [1.807, 2.05) is 25.1 Å². The highest BCUT2D eigenvalue weighted by Crippen LogP contribution is 2.45. The Bertz CT molecular complexity index is 1820. The Balaban J connectivity index is 1.37. The Kier molecular flexibility index (Phi) is 6.44. The predicted octanol–water partition coefficient (Wildman–Crippen LogP) is 6.28. The van der Waals surface area contributed by atoms with Crippen LogP contribution in [0.4, 0.5) is 13.2 Å². The van der Waals surface area contributed by atoms with Crippen LogP contribution in [0.15, 0.2) is 54.7 Å². The zero-order valence-corrected chi connectivity index (χ0v) is 22.2. The lowest BCUT2D eigenvalue weighted by Gasteiger charge is -2.34. The van der Waals surface area contributed by atoms with Crippen LogP contribution in [0.2, 0.25) is 0 Å². The Morgan fingerprint density at radius 3 is 2.80 bits per heavy atom. The van der Waals surface area contributed by atoms with Crippen molar-refractivity contribution < 1.29 is 32.5 Å². The summed E-state index contributed by atoms with van der Waals surface area (Å²) < 4.78 is 57.8. The third-order valence-corrected chi connectivity index (χ3v) is 7.51. The summed E-state index contributed by atoms with van der Waals surface area (Å²) in [6.45, 7) is 2.33. The van der Waals surface area contributed by atoms with Gasteiger partial charge in [-0.2, -0.15) is 5.10 Å². The van der Waals surface area contributed by atoms with Gasteiger partial charge in [-0.3, -0.25) is 4.79 Å². The summed E-state index contributed by atoms with van der Waals surface area (Å²) in [5.41, 5.74) is 1.22. The van der Waals surface area contributed by atoms with Crippen LogP contribution in [-0.4, -0.2) is 37.4 Å². The van der Waals surface area contributed by atoms with Gasteiger partial charge in [0.25, 0.3) is 0 Å². The van der Waals surface area contributed by atoms with Crippen molar-refractivity contribution in [3.8, 4) is 28.6 Å². The van der Waals surface area contributed by atoms with Crippen molar-refractivity contribution in [2.24, 2.45) is 7.05 Å². The van der Waals surface area contributed by atoms with Crippen molar-refractivity contribution in [1.29, 1.82) is 0 Å². The second kappa shape index (κ2) is 9.99. The molecule has 8 nitrogen and oxygen atoms in total. The summed E-state index contributed by atoms with van der Waals surface area (Å²) >= 11 is 0. The van der Waals surface area contributed by atoms with Crippen LogP contribution in [0.25, 0.3) is 22.3 Å². The predicted molar refractivity (Wildman–Crippen MR) is 144 cm³/mol. The van der Waals surface area contributed by atoms with Crippen LogP contribution in [-0.2, 0) is 23.7 Å². The molecule has 1 aliphatic rings. The van der Waals surface area contributed by atoms with E-state index in [4.69, 9.17) is 19.6 Å². The van der Waals surface area contributed by atoms with Gasteiger partial charge < -0.3 is 19.6 Å². The Hall–Kier alpha value is -4.80. The van der Waals surface area contributed by atoms with Gasteiger partial charge in [0, 0.05) is 36.7 Å². The highest BCUT2D eigenvalue weighted by atomic mass is 19.1. The number of aromatic nitrogens is 4. The van der Waals surface area contributed by atoms with Crippen molar-refractivity contribution in [2.75, 3.05) is 6.61 Å². The monoisotopic (exact) mass is 562 g/mol. The van der Waals surface area contributed by atoms with E-state index in [2.05, 4.69) is 10.1 Å². The van der Waals surface area contributed by atoms with E-state index in [1.165, 1.54) is 29.1 Å². The SMILES string of the molecule is Cn1nc(C2(C)CCOc3c(CCC(=O)O)cccc32)nc1-c1cc(Oc2c(F)cc3[nH]ccc3c2F)ccc1F. The van der Waals surface area contributed by atoms with E-state index in [1.54, 1.807) is 7.05 Å². The first-order chi connectivity index (χ1) is 19.7. The molecule has 1 atom stereocenters. The molecule has 1 unspecified atom stereocenters. The third kappa shape index (κ3) is 4.56. The molecule has 5 aromatic rings. The average Bonchev–Trinajstić information content (AvgIpc) is 3.58. The van der Waals surface area contributed by atoms with Gasteiger partial charge in [0.05, 0.1) is 23.1 Å². The number of aromatic amines is 1. The largest absolute Gasteiger partial charge is 0.493 e. The number of nitrogens with zero attached hydrogens (tertiary/aromatic N) is 3. The first kappa shape index (κ1) is 26.4. The standard InChI is InChI=1S/C30H25F3N4O4/c1-30(11-13-40-26-16(6-9-24(38)39)4-3-5-20(26)30)29-35-28(37(2)36-29)19-14-17(7-8-21(19)31)41-27-22(32)15-23-18(25(27)33)10-12-34-23/h3-5,7-8,10,12,14-15,34H,6,9,11,13H2,1-2H3,(H,38,39). The maximum atomic E-state index is 15.1. The molecule has 210 valence electrons. The van der Waals surface area contributed by atoms with Gasteiger partial charge in [-0.15, -0.1) is 0 Å². The molecular formula is C30H25F3N4O4. The number of rotatable bonds is 7. The Labute approximate surface area is 232 Å². The molecule has 1 aliphatic heterocycles. The number of hydrogen-bond acceptors (Lipinski definition) is 5. The van der Waals surface area contributed by atoms with Gasteiger partial charge in [-0.05, 0) is 49.6 Å². The van der Waals surface area contributed by atoms with E-state index < -0.39 is 34.6 Å².